The minimum atomic E-state index is -4.87. The SMILES string of the molecule is COc1cccc(CC(=O)NN=Cc2ccccc2C(c2cccc(C(F)(F)F)c2)S(=O)(=O)O)c1. The molecular weight excluding hydrogens is 485 g/mol. The molecule has 3 aromatic rings. The van der Waals surface area contributed by atoms with E-state index in [1.54, 1.807) is 30.3 Å². The van der Waals surface area contributed by atoms with Gasteiger partial charge in [-0.1, -0.05) is 54.6 Å². The molecule has 7 nitrogen and oxygen atoms in total. The summed E-state index contributed by atoms with van der Waals surface area (Å²) < 4.78 is 79.0. The molecule has 0 spiro atoms. The van der Waals surface area contributed by atoms with Crippen LogP contribution in [0.25, 0.3) is 0 Å². The van der Waals surface area contributed by atoms with Gasteiger partial charge in [0.15, 0.2) is 0 Å². The Labute approximate surface area is 200 Å². The standard InChI is InChI=1S/C24H21F3N2O5S/c1-34-20-10-4-6-16(12-20)13-22(30)29-28-15-18-7-2-3-11-21(18)23(35(31,32)33)17-8-5-9-19(14-17)24(25,26)27/h2-12,14-15,23H,13H2,1H3,(H,29,30)(H,31,32,33). The quantitative estimate of drug-likeness (QED) is 0.268. The van der Waals surface area contributed by atoms with Crippen LogP contribution in [-0.2, 0) is 27.5 Å². The van der Waals surface area contributed by atoms with Gasteiger partial charge in [0.05, 0.1) is 25.3 Å². The fraction of sp³-hybridized carbons (Fsp3) is 0.167. The second-order valence-corrected chi connectivity index (χ2v) is 8.97. The van der Waals surface area contributed by atoms with E-state index in [-0.39, 0.29) is 23.1 Å². The highest BCUT2D eigenvalue weighted by Gasteiger charge is 2.34. The van der Waals surface area contributed by atoms with E-state index in [2.05, 4.69) is 10.5 Å². The number of nitrogens with one attached hydrogen (secondary N) is 1. The lowest BCUT2D eigenvalue weighted by Crippen LogP contribution is -2.20. The Kier molecular flexibility index (Phi) is 7.92. The number of hydrogen-bond donors (Lipinski definition) is 2. The first-order valence-corrected chi connectivity index (χ1v) is 11.7. The molecule has 1 unspecified atom stereocenters. The summed E-state index contributed by atoms with van der Waals surface area (Å²) in [5.41, 5.74) is 1.83. The van der Waals surface area contributed by atoms with Crippen molar-refractivity contribution in [2.75, 3.05) is 7.11 Å². The summed E-state index contributed by atoms with van der Waals surface area (Å²) in [6.45, 7) is 0. The van der Waals surface area contributed by atoms with E-state index in [0.29, 0.717) is 17.4 Å². The van der Waals surface area contributed by atoms with Crippen molar-refractivity contribution in [3.63, 3.8) is 0 Å². The zero-order valence-corrected chi connectivity index (χ0v) is 19.2. The van der Waals surface area contributed by atoms with Gasteiger partial charge in [0.25, 0.3) is 10.1 Å². The molecule has 11 heteroatoms. The Bertz CT molecular complexity index is 1340. The summed E-state index contributed by atoms with van der Waals surface area (Å²) in [7, 11) is -3.37. The van der Waals surface area contributed by atoms with Crippen molar-refractivity contribution in [1.82, 2.24) is 5.43 Å². The molecule has 1 amide bonds. The van der Waals surface area contributed by atoms with Crippen molar-refractivity contribution in [1.29, 1.82) is 0 Å². The fourth-order valence-corrected chi connectivity index (χ4v) is 4.46. The highest BCUT2D eigenvalue weighted by atomic mass is 32.2. The second-order valence-electron chi connectivity index (χ2n) is 7.47. The van der Waals surface area contributed by atoms with E-state index < -0.39 is 33.0 Å². The number of hydrogen-bond acceptors (Lipinski definition) is 5. The van der Waals surface area contributed by atoms with Gasteiger partial charge in [0, 0.05) is 0 Å². The molecule has 0 saturated carbocycles. The van der Waals surface area contributed by atoms with Crippen LogP contribution in [0.15, 0.2) is 77.9 Å². The summed E-state index contributed by atoms with van der Waals surface area (Å²) in [4.78, 5) is 12.2. The molecule has 2 N–H and O–H groups in total. The predicted molar refractivity (Wildman–Crippen MR) is 124 cm³/mol. The van der Waals surface area contributed by atoms with Crippen molar-refractivity contribution in [2.24, 2.45) is 5.10 Å². The average molecular weight is 507 g/mol. The van der Waals surface area contributed by atoms with Gasteiger partial charge < -0.3 is 4.74 Å². The molecule has 0 fully saturated rings. The largest absolute Gasteiger partial charge is 0.497 e. The monoisotopic (exact) mass is 506 g/mol. The van der Waals surface area contributed by atoms with Crippen LogP contribution >= 0.6 is 0 Å². The smallest absolute Gasteiger partial charge is 0.416 e. The van der Waals surface area contributed by atoms with E-state index in [9.17, 15) is 30.9 Å². The Hall–Kier alpha value is -3.70. The molecule has 3 aromatic carbocycles. The van der Waals surface area contributed by atoms with Gasteiger partial charge in [-0.05, 0) is 40.5 Å². The van der Waals surface area contributed by atoms with Crippen molar-refractivity contribution < 1.29 is 35.7 Å². The fourth-order valence-electron chi connectivity index (χ4n) is 3.44. The number of hydrazone groups is 1. The summed E-state index contributed by atoms with van der Waals surface area (Å²) in [5.74, 6) is 0.120. The van der Waals surface area contributed by atoms with Gasteiger partial charge in [-0.2, -0.15) is 26.7 Å². The number of amides is 1. The lowest BCUT2D eigenvalue weighted by atomic mass is 9.98. The maximum Gasteiger partial charge on any atom is 0.416 e. The number of methoxy groups -OCH3 is 1. The molecular formula is C24H21F3N2O5S. The highest BCUT2D eigenvalue weighted by Crippen LogP contribution is 2.35. The normalized spacial score (nSPS) is 12.9. The van der Waals surface area contributed by atoms with E-state index in [1.165, 1.54) is 31.4 Å². The molecule has 0 aliphatic heterocycles. The number of rotatable bonds is 8. The molecule has 3 rings (SSSR count). The summed E-state index contributed by atoms with van der Waals surface area (Å²) >= 11 is 0. The average Bonchev–Trinajstić information content (AvgIpc) is 2.79. The van der Waals surface area contributed by atoms with Crippen LogP contribution in [-0.4, -0.2) is 32.2 Å². The molecule has 1 atom stereocenters. The molecule has 0 aliphatic rings. The van der Waals surface area contributed by atoms with E-state index in [4.69, 9.17) is 4.74 Å². The number of halogens is 3. The van der Waals surface area contributed by atoms with Crippen LogP contribution in [0.4, 0.5) is 13.2 Å². The van der Waals surface area contributed by atoms with Gasteiger partial charge in [-0.3, -0.25) is 9.35 Å². The van der Waals surface area contributed by atoms with Crippen LogP contribution in [0, 0.1) is 0 Å². The van der Waals surface area contributed by atoms with Crippen LogP contribution in [0.1, 0.15) is 33.1 Å². The lowest BCUT2D eigenvalue weighted by Gasteiger charge is -2.18. The zero-order chi connectivity index (χ0) is 25.6. The van der Waals surface area contributed by atoms with Crippen LogP contribution in [0.2, 0.25) is 0 Å². The lowest BCUT2D eigenvalue weighted by molar-refractivity contribution is -0.137. The Balaban J connectivity index is 1.87. The maximum atomic E-state index is 13.2. The van der Waals surface area contributed by atoms with Gasteiger partial charge in [0.1, 0.15) is 11.0 Å². The molecule has 0 heterocycles. The van der Waals surface area contributed by atoms with E-state index in [1.807, 2.05) is 0 Å². The van der Waals surface area contributed by atoms with Crippen LogP contribution in [0.3, 0.4) is 0 Å². The minimum absolute atomic E-state index is 0.00589. The number of benzene rings is 3. The summed E-state index contributed by atoms with van der Waals surface area (Å²) in [6, 6.07) is 16.4. The van der Waals surface area contributed by atoms with Gasteiger partial charge >= 0.3 is 6.18 Å². The number of alkyl halides is 3. The molecule has 35 heavy (non-hydrogen) atoms. The van der Waals surface area contributed by atoms with Crippen molar-refractivity contribution in [2.45, 2.75) is 17.8 Å². The van der Waals surface area contributed by atoms with Crippen molar-refractivity contribution in [3.8, 4) is 5.75 Å². The van der Waals surface area contributed by atoms with Crippen molar-refractivity contribution >= 4 is 22.2 Å². The van der Waals surface area contributed by atoms with Crippen molar-refractivity contribution in [3.05, 3.63) is 101 Å². The third kappa shape index (κ3) is 6.90. The van der Waals surface area contributed by atoms with Gasteiger partial charge in [0.2, 0.25) is 5.91 Å². The summed E-state index contributed by atoms with van der Waals surface area (Å²) in [5, 5.41) is 2.04. The van der Waals surface area contributed by atoms with E-state index >= 15 is 0 Å². The first-order chi connectivity index (χ1) is 16.5. The minimum Gasteiger partial charge on any atom is -0.497 e. The Morgan fingerprint density at radius 3 is 2.49 bits per heavy atom. The van der Waals surface area contributed by atoms with Gasteiger partial charge in [-0.15, -0.1) is 0 Å². The number of carbonyl (C=O) groups excluding carboxylic acids is 1. The molecule has 0 saturated heterocycles. The van der Waals surface area contributed by atoms with Crippen LogP contribution < -0.4 is 10.2 Å². The number of nitrogens with zero attached hydrogens (tertiary/aromatic N) is 1. The third-order valence-corrected chi connectivity index (χ3v) is 6.11. The second kappa shape index (κ2) is 10.7. The topological polar surface area (TPSA) is 105 Å². The van der Waals surface area contributed by atoms with E-state index in [0.717, 1.165) is 18.3 Å². The first-order valence-electron chi connectivity index (χ1n) is 10.2. The maximum absolute atomic E-state index is 13.2. The van der Waals surface area contributed by atoms with Crippen LogP contribution in [0.5, 0.6) is 5.75 Å². The highest BCUT2D eigenvalue weighted by molar-refractivity contribution is 7.86. The molecule has 0 aliphatic carbocycles. The molecule has 0 radical (unpaired) electrons. The number of carbonyl (C=O) groups is 1. The molecule has 0 bridgehead atoms. The van der Waals surface area contributed by atoms with Gasteiger partial charge in [-0.25, -0.2) is 5.43 Å². The molecule has 184 valence electrons. The number of ether oxygens (including phenoxy) is 1. The third-order valence-electron chi connectivity index (χ3n) is 4.98. The first kappa shape index (κ1) is 25.9. The Morgan fingerprint density at radius 1 is 1.09 bits per heavy atom. The predicted octanol–water partition coefficient (Wildman–Crippen LogP) is 4.38. The summed E-state index contributed by atoms with van der Waals surface area (Å²) in [6.07, 6.45) is -3.55. The Morgan fingerprint density at radius 2 is 1.80 bits per heavy atom. The zero-order valence-electron chi connectivity index (χ0n) is 18.4. The molecule has 0 aromatic heterocycles.